The number of non-ortho nitro benzene ring substituents is 1. The minimum Gasteiger partial charge on any atom is -0.497 e. The molecular formula is C22H19N3O6. The lowest BCUT2D eigenvalue weighted by atomic mass is 10.1. The number of hydrogen-bond donors (Lipinski definition) is 2. The van der Waals surface area contributed by atoms with Crippen LogP contribution in [0.3, 0.4) is 0 Å². The molecule has 0 aliphatic carbocycles. The van der Waals surface area contributed by atoms with Crippen LogP contribution < -0.4 is 20.1 Å². The lowest BCUT2D eigenvalue weighted by molar-refractivity contribution is -0.384. The number of nitrogens with one attached hydrogen (secondary N) is 2. The first-order valence-corrected chi connectivity index (χ1v) is 9.10. The molecule has 3 aromatic rings. The second-order valence-electron chi connectivity index (χ2n) is 6.40. The lowest BCUT2D eigenvalue weighted by Gasteiger charge is -2.10. The third-order valence-electron chi connectivity index (χ3n) is 4.31. The average Bonchev–Trinajstić information content (AvgIpc) is 2.78. The summed E-state index contributed by atoms with van der Waals surface area (Å²) in [5.74, 6) is -0.134. The average molecular weight is 421 g/mol. The molecule has 2 amide bonds. The molecule has 2 N–H and O–H groups in total. The fourth-order valence-electron chi connectivity index (χ4n) is 2.79. The van der Waals surface area contributed by atoms with Crippen LogP contribution >= 0.6 is 0 Å². The van der Waals surface area contributed by atoms with Gasteiger partial charge in [0.1, 0.15) is 11.5 Å². The van der Waals surface area contributed by atoms with Gasteiger partial charge in [-0.3, -0.25) is 19.7 Å². The quantitative estimate of drug-likeness (QED) is 0.437. The van der Waals surface area contributed by atoms with Crippen LogP contribution in [0.1, 0.15) is 20.7 Å². The minimum absolute atomic E-state index is 0.0344. The molecule has 0 radical (unpaired) electrons. The highest BCUT2D eigenvalue weighted by Crippen LogP contribution is 2.22. The normalized spacial score (nSPS) is 10.1. The highest BCUT2D eigenvalue weighted by atomic mass is 16.6. The fourth-order valence-corrected chi connectivity index (χ4v) is 2.79. The SMILES string of the molecule is COc1cccc(NC(=O)c2cc(C(=O)Nc3cccc(OC)c3)cc([N+](=O)[O-])c2)c1. The standard InChI is InChI=1S/C22H19N3O6/c1-30-19-7-3-5-16(12-19)23-21(26)14-9-15(11-18(10-14)25(28)29)22(27)24-17-6-4-8-20(13-17)31-2/h3-13H,1-2H3,(H,23,26)(H,24,27). The maximum absolute atomic E-state index is 12.7. The number of methoxy groups -OCH3 is 2. The molecule has 9 nitrogen and oxygen atoms in total. The van der Waals surface area contributed by atoms with E-state index in [4.69, 9.17) is 9.47 Å². The summed E-state index contributed by atoms with van der Waals surface area (Å²) in [6, 6.07) is 16.8. The van der Waals surface area contributed by atoms with Gasteiger partial charge in [-0.15, -0.1) is 0 Å². The van der Waals surface area contributed by atoms with E-state index in [2.05, 4.69) is 10.6 Å². The van der Waals surface area contributed by atoms with Crippen LogP contribution in [-0.2, 0) is 0 Å². The Labute approximate surface area is 177 Å². The van der Waals surface area contributed by atoms with Gasteiger partial charge in [0.15, 0.2) is 0 Å². The second kappa shape index (κ2) is 9.40. The maximum Gasteiger partial charge on any atom is 0.271 e. The van der Waals surface area contributed by atoms with Crippen molar-refractivity contribution in [2.24, 2.45) is 0 Å². The van der Waals surface area contributed by atoms with Crippen LogP contribution in [0.4, 0.5) is 17.1 Å². The molecule has 0 unspecified atom stereocenters. The first kappa shape index (κ1) is 21.3. The monoisotopic (exact) mass is 421 g/mol. The molecular weight excluding hydrogens is 402 g/mol. The summed E-state index contributed by atoms with van der Waals surface area (Å²) < 4.78 is 10.2. The van der Waals surface area contributed by atoms with Crippen molar-refractivity contribution in [1.82, 2.24) is 0 Å². The van der Waals surface area contributed by atoms with Gasteiger partial charge in [0.25, 0.3) is 17.5 Å². The summed E-state index contributed by atoms with van der Waals surface area (Å²) in [6.45, 7) is 0. The number of benzene rings is 3. The second-order valence-corrected chi connectivity index (χ2v) is 6.40. The molecule has 9 heteroatoms. The van der Waals surface area contributed by atoms with Crippen molar-refractivity contribution in [3.8, 4) is 11.5 Å². The summed E-state index contributed by atoms with van der Waals surface area (Å²) in [4.78, 5) is 36.0. The zero-order valence-corrected chi connectivity index (χ0v) is 16.7. The van der Waals surface area contributed by atoms with Gasteiger partial charge in [0.05, 0.1) is 19.1 Å². The Kier molecular flexibility index (Phi) is 6.46. The van der Waals surface area contributed by atoms with E-state index in [1.807, 2.05) is 0 Å². The summed E-state index contributed by atoms with van der Waals surface area (Å²) in [7, 11) is 2.99. The van der Waals surface area contributed by atoms with E-state index in [-0.39, 0.29) is 16.8 Å². The third kappa shape index (κ3) is 5.36. The topological polar surface area (TPSA) is 120 Å². The molecule has 0 aromatic heterocycles. The summed E-state index contributed by atoms with van der Waals surface area (Å²) >= 11 is 0. The molecule has 3 rings (SSSR count). The van der Waals surface area contributed by atoms with E-state index < -0.39 is 16.7 Å². The lowest BCUT2D eigenvalue weighted by Crippen LogP contribution is -2.16. The number of hydrogen-bond acceptors (Lipinski definition) is 6. The van der Waals surface area contributed by atoms with Crippen LogP contribution in [-0.4, -0.2) is 31.0 Å². The molecule has 0 bridgehead atoms. The van der Waals surface area contributed by atoms with E-state index in [9.17, 15) is 19.7 Å². The molecule has 0 aliphatic rings. The van der Waals surface area contributed by atoms with Crippen molar-refractivity contribution < 1.29 is 24.0 Å². The van der Waals surface area contributed by atoms with Gasteiger partial charge >= 0.3 is 0 Å². The van der Waals surface area contributed by atoms with Gasteiger partial charge < -0.3 is 20.1 Å². The van der Waals surface area contributed by atoms with Crippen molar-refractivity contribution in [3.05, 3.63) is 88.0 Å². The number of nitro benzene ring substituents is 1. The molecule has 31 heavy (non-hydrogen) atoms. The Balaban J connectivity index is 1.88. The summed E-state index contributed by atoms with van der Waals surface area (Å²) in [6.07, 6.45) is 0. The molecule has 0 atom stereocenters. The number of carbonyl (C=O) groups excluding carboxylic acids is 2. The molecule has 0 spiro atoms. The highest BCUT2D eigenvalue weighted by Gasteiger charge is 2.18. The Hall–Kier alpha value is -4.40. The van der Waals surface area contributed by atoms with E-state index in [0.29, 0.717) is 22.9 Å². The Morgan fingerprint density at radius 1 is 0.774 bits per heavy atom. The van der Waals surface area contributed by atoms with Crippen molar-refractivity contribution >= 4 is 28.9 Å². The van der Waals surface area contributed by atoms with E-state index >= 15 is 0 Å². The van der Waals surface area contributed by atoms with Gasteiger partial charge in [0.2, 0.25) is 0 Å². The zero-order valence-electron chi connectivity index (χ0n) is 16.7. The number of rotatable bonds is 7. The van der Waals surface area contributed by atoms with Gasteiger partial charge in [-0.05, 0) is 30.3 Å². The van der Waals surface area contributed by atoms with Gasteiger partial charge in [-0.2, -0.15) is 0 Å². The van der Waals surface area contributed by atoms with Gasteiger partial charge in [-0.1, -0.05) is 12.1 Å². The zero-order chi connectivity index (χ0) is 22.4. The number of nitrogens with zero attached hydrogens (tertiary/aromatic N) is 1. The number of nitro groups is 1. The molecule has 3 aromatic carbocycles. The van der Waals surface area contributed by atoms with Crippen LogP contribution in [0, 0.1) is 10.1 Å². The van der Waals surface area contributed by atoms with E-state index in [0.717, 1.165) is 12.1 Å². The first-order valence-electron chi connectivity index (χ1n) is 9.10. The van der Waals surface area contributed by atoms with Crippen molar-refractivity contribution in [2.45, 2.75) is 0 Å². The van der Waals surface area contributed by atoms with Crippen molar-refractivity contribution in [3.63, 3.8) is 0 Å². The van der Waals surface area contributed by atoms with Crippen LogP contribution in [0.15, 0.2) is 66.7 Å². The first-order chi connectivity index (χ1) is 14.9. The van der Waals surface area contributed by atoms with E-state index in [1.165, 1.54) is 20.3 Å². The van der Waals surface area contributed by atoms with Crippen molar-refractivity contribution in [1.29, 1.82) is 0 Å². The Morgan fingerprint density at radius 3 is 1.61 bits per heavy atom. The predicted molar refractivity (Wildman–Crippen MR) is 115 cm³/mol. The van der Waals surface area contributed by atoms with E-state index in [1.54, 1.807) is 48.5 Å². The predicted octanol–water partition coefficient (Wildman–Crippen LogP) is 4.12. The Morgan fingerprint density at radius 2 is 1.23 bits per heavy atom. The van der Waals surface area contributed by atoms with Crippen LogP contribution in [0.25, 0.3) is 0 Å². The molecule has 0 fully saturated rings. The van der Waals surface area contributed by atoms with Gasteiger partial charge in [0, 0.05) is 46.8 Å². The number of anilines is 2. The number of ether oxygens (including phenoxy) is 2. The fraction of sp³-hybridized carbons (Fsp3) is 0.0909. The molecule has 0 heterocycles. The molecule has 0 aliphatic heterocycles. The van der Waals surface area contributed by atoms with Crippen LogP contribution in [0.5, 0.6) is 11.5 Å². The van der Waals surface area contributed by atoms with Crippen molar-refractivity contribution in [2.75, 3.05) is 24.9 Å². The smallest absolute Gasteiger partial charge is 0.271 e. The molecule has 0 saturated heterocycles. The summed E-state index contributed by atoms with van der Waals surface area (Å²) in [5, 5.41) is 16.6. The summed E-state index contributed by atoms with van der Waals surface area (Å²) in [5.41, 5.74) is 0.436. The number of amides is 2. The molecule has 0 saturated carbocycles. The largest absolute Gasteiger partial charge is 0.497 e. The maximum atomic E-state index is 12.7. The minimum atomic E-state index is -0.662. The number of carbonyl (C=O) groups is 2. The molecule has 158 valence electrons. The highest BCUT2D eigenvalue weighted by molar-refractivity contribution is 6.09. The third-order valence-corrected chi connectivity index (χ3v) is 4.31. The Bertz CT molecular complexity index is 1070. The van der Waals surface area contributed by atoms with Crippen LogP contribution in [0.2, 0.25) is 0 Å². The van der Waals surface area contributed by atoms with Gasteiger partial charge in [-0.25, -0.2) is 0 Å².